The third-order valence-electron chi connectivity index (χ3n) is 2.75. The zero-order chi connectivity index (χ0) is 16.7. The molecular formula is C17H12ClF2NO2. The second kappa shape index (κ2) is 8.16. The van der Waals surface area contributed by atoms with Crippen LogP contribution in [-0.4, -0.2) is 12.6 Å². The van der Waals surface area contributed by atoms with Gasteiger partial charge in [0.25, 0.3) is 0 Å². The highest BCUT2D eigenvalue weighted by Gasteiger charge is 2.07. The molecule has 0 unspecified atom stereocenters. The van der Waals surface area contributed by atoms with E-state index in [0.29, 0.717) is 0 Å². The fourth-order valence-corrected chi connectivity index (χ4v) is 1.77. The summed E-state index contributed by atoms with van der Waals surface area (Å²) in [6.07, 6.45) is -0.628. The van der Waals surface area contributed by atoms with E-state index in [1.165, 1.54) is 0 Å². The highest BCUT2D eigenvalue weighted by atomic mass is 35.5. The lowest BCUT2D eigenvalue weighted by Gasteiger charge is -2.04. The Morgan fingerprint density at radius 2 is 1.83 bits per heavy atom. The number of hydrogen-bond acceptors (Lipinski definition) is 2. The van der Waals surface area contributed by atoms with Crippen molar-refractivity contribution in [3.05, 3.63) is 70.2 Å². The van der Waals surface area contributed by atoms with Crippen molar-refractivity contribution in [3.8, 4) is 11.8 Å². The van der Waals surface area contributed by atoms with Gasteiger partial charge in [-0.05, 0) is 17.7 Å². The molecule has 0 fully saturated rings. The minimum atomic E-state index is -0.883. The number of amides is 1. The zero-order valence-electron chi connectivity index (χ0n) is 11.9. The molecule has 0 saturated heterocycles. The van der Waals surface area contributed by atoms with Crippen molar-refractivity contribution in [1.29, 1.82) is 0 Å². The molecule has 118 valence electrons. The van der Waals surface area contributed by atoms with Gasteiger partial charge in [0.2, 0.25) is 0 Å². The van der Waals surface area contributed by atoms with E-state index in [1.54, 1.807) is 0 Å². The maximum absolute atomic E-state index is 13.2. The van der Waals surface area contributed by atoms with Crippen LogP contribution in [0.5, 0.6) is 0 Å². The van der Waals surface area contributed by atoms with Crippen LogP contribution in [-0.2, 0) is 11.3 Å². The molecule has 0 aliphatic rings. The number of nitrogens with one attached hydrogen (secondary N) is 1. The molecule has 0 radical (unpaired) electrons. The maximum Gasteiger partial charge on any atom is 0.408 e. The monoisotopic (exact) mass is 335 g/mol. The minimum absolute atomic E-state index is 0.0144. The van der Waals surface area contributed by atoms with Crippen LogP contribution in [0.4, 0.5) is 13.6 Å². The summed E-state index contributed by atoms with van der Waals surface area (Å²) in [5.41, 5.74) is 0.990. The SMILES string of the molecule is O=C(NCC#Cc1cc(F)c(Cl)c(F)c1)OCc1ccccc1. The van der Waals surface area contributed by atoms with Gasteiger partial charge >= 0.3 is 6.09 Å². The Labute approximate surface area is 137 Å². The van der Waals surface area contributed by atoms with Gasteiger partial charge in [-0.25, -0.2) is 13.6 Å². The van der Waals surface area contributed by atoms with Crippen LogP contribution in [0.25, 0.3) is 0 Å². The van der Waals surface area contributed by atoms with Crippen molar-refractivity contribution in [2.24, 2.45) is 0 Å². The van der Waals surface area contributed by atoms with Crippen LogP contribution < -0.4 is 5.32 Å². The fourth-order valence-electron chi connectivity index (χ4n) is 1.66. The van der Waals surface area contributed by atoms with E-state index in [2.05, 4.69) is 17.2 Å². The molecule has 1 N–H and O–H groups in total. The number of ether oxygens (including phenoxy) is 1. The topological polar surface area (TPSA) is 38.3 Å². The average Bonchev–Trinajstić information content (AvgIpc) is 2.55. The molecule has 2 aromatic rings. The van der Waals surface area contributed by atoms with Gasteiger partial charge in [0.1, 0.15) is 23.3 Å². The Morgan fingerprint density at radius 1 is 1.17 bits per heavy atom. The summed E-state index contributed by atoms with van der Waals surface area (Å²) in [5, 5.41) is 1.84. The molecule has 0 heterocycles. The maximum atomic E-state index is 13.2. The predicted molar refractivity (Wildman–Crippen MR) is 82.9 cm³/mol. The van der Waals surface area contributed by atoms with E-state index in [9.17, 15) is 13.6 Å². The summed E-state index contributed by atoms with van der Waals surface area (Å²) in [6.45, 7) is 0.132. The van der Waals surface area contributed by atoms with Crippen molar-refractivity contribution in [2.45, 2.75) is 6.61 Å². The molecule has 23 heavy (non-hydrogen) atoms. The molecule has 3 nitrogen and oxygen atoms in total. The molecule has 0 saturated carbocycles. The van der Waals surface area contributed by atoms with Crippen molar-refractivity contribution in [1.82, 2.24) is 5.32 Å². The second-order valence-corrected chi connectivity index (χ2v) is 4.85. The number of rotatable bonds is 3. The Bertz CT molecular complexity index is 731. The number of halogens is 3. The van der Waals surface area contributed by atoms with Crippen molar-refractivity contribution >= 4 is 17.7 Å². The molecule has 2 aromatic carbocycles. The number of alkyl carbamates (subject to hydrolysis) is 1. The van der Waals surface area contributed by atoms with E-state index in [1.807, 2.05) is 30.3 Å². The molecule has 0 bridgehead atoms. The van der Waals surface area contributed by atoms with Gasteiger partial charge in [-0.1, -0.05) is 53.8 Å². The van der Waals surface area contributed by atoms with Crippen LogP contribution in [0.3, 0.4) is 0 Å². The van der Waals surface area contributed by atoms with E-state index < -0.39 is 22.8 Å². The van der Waals surface area contributed by atoms with Gasteiger partial charge < -0.3 is 10.1 Å². The van der Waals surface area contributed by atoms with Gasteiger partial charge in [-0.15, -0.1) is 0 Å². The average molecular weight is 336 g/mol. The minimum Gasteiger partial charge on any atom is -0.445 e. The van der Waals surface area contributed by atoms with Gasteiger partial charge in [0.15, 0.2) is 0 Å². The van der Waals surface area contributed by atoms with Crippen LogP contribution in [0.2, 0.25) is 5.02 Å². The Morgan fingerprint density at radius 3 is 2.48 bits per heavy atom. The third-order valence-corrected chi connectivity index (χ3v) is 3.11. The highest BCUT2D eigenvalue weighted by Crippen LogP contribution is 2.19. The van der Waals surface area contributed by atoms with Crippen molar-refractivity contribution < 1.29 is 18.3 Å². The summed E-state index contributed by atoms with van der Waals surface area (Å²) < 4.78 is 31.4. The molecular weight excluding hydrogens is 324 g/mol. The first-order valence-electron chi connectivity index (χ1n) is 6.64. The van der Waals surface area contributed by atoms with Gasteiger partial charge in [-0.3, -0.25) is 0 Å². The first-order chi connectivity index (χ1) is 11.1. The molecule has 0 aliphatic carbocycles. The van der Waals surface area contributed by atoms with E-state index in [0.717, 1.165) is 17.7 Å². The second-order valence-electron chi connectivity index (χ2n) is 4.47. The first-order valence-corrected chi connectivity index (χ1v) is 7.02. The zero-order valence-corrected chi connectivity index (χ0v) is 12.7. The van der Waals surface area contributed by atoms with Crippen molar-refractivity contribution in [2.75, 3.05) is 6.54 Å². The summed E-state index contributed by atoms with van der Waals surface area (Å²) >= 11 is 5.37. The molecule has 0 atom stereocenters. The first kappa shape index (κ1) is 16.8. The lowest BCUT2D eigenvalue weighted by Crippen LogP contribution is -2.24. The van der Waals surface area contributed by atoms with Crippen LogP contribution in [0.15, 0.2) is 42.5 Å². The summed E-state index contributed by atoms with van der Waals surface area (Å²) in [5.74, 6) is 3.32. The van der Waals surface area contributed by atoms with Crippen LogP contribution >= 0.6 is 11.6 Å². The summed E-state index contributed by atoms with van der Waals surface area (Å²) in [7, 11) is 0. The van der Waals surface area contributed by atoms with Gasteiger partial charge in [-0.2, -0.15) is 0 Å². The Hall–Kier alpha value is -2.58. The smallest absolute Gasteiger partial charge is 0.408 e. The molecule has 6 heteroatoms. The molecule has 1 amide bonds. The normalized spacial score (nSPS) is 9.70. The Kier molecular flexibility index (Phi) is 5.95. The van der Waals surface area contributed by atoms with Crippen LogP contribution in [0, 0.1) is 23.5 Å². The lowest BCUT2D eigenvalue weighted by atomic mass is 10.2. The van der Waals surface area contributed by atoms with E-state index in [-0.39, 0.29) is 18.7 Å². The predicted octanol–water partition coefficient (Wildman–Crippen LogP) is 3.90. The molecule has 0 spiro atoms. The van der Waals surface area contributed by atoms with Gasteiger partial charge in [0, 0.05) is 5.56 Å². The fraction of sp³-hybridized carbons (Fsp3) is 0.118. The number of carbonyl (C=O) groups is 1. The quantitative estimate of drug-likeness (QED) is 0.682. The van der Waals surface area contributed by atoms with Crippen molar-refractivity contribution in [3.63, 3.8) is 0 Å². The summed E-state index contributed by atoms with van der Waals surface area (Å²) in [6, 6.07) is 11.2. The van der Waals surface area contributed by atoms with Crippen LogP contribution in [0.1, 0.15) is 11.1 Å². The highest BCUT2D eigenvalue weighted by molar-refractivity contribution is 6.30. The lowest BCUT2D eigenvalue weighted by molar-refractivity contribution is 0.141. The number of carbonyl (C=O) groups excluding carboxylic acids is 1. The number of benzene rings is 2. The number of hydrogen-bond donors (Lipinski definition) is 1. The Balaban J connectivity index is 1.80. The van der Waals surface area contributed by atoms with E-state index >= 15 is 0 Å². The van der Waals surface area contributed by atoms with Gasteiger partial charge in [0.05, 0.1) is 6.54 Å². The third kappa shape index (κ3) is 5.28. The standard InChI is InChI=1S/C17H12ClF2NO2/c18-16-14(19)9-13(10-15(16)20)7-4-8-21-17(22)23-11-12-5-2-1-3-6-12/h1-3,5-6,9-10H,8,11H2,(H,21,22). The largest absolute Gasteiger partial charge is 0.445 e. The van der Waals surface area contributed by atoms with E-state index in [4.69, 9.17) is 16.3 Å². The molecule has 0 aromatic heterocycles. The molecule has 0 aliphatic heterocycles. The molecule has 2 rings (SSSR count). The summed E-state index contributed by atoms with van der Waals surface area (Å²) in [4.78, 5) is 11.4.